The predicted octanol–water partition coefficient (Wildman–Crippen LogP) is 3.41. The summed E-state index contributed by atoms with van der Waals surface area (Å²) in [6, 6.07) is 0. The lowest BCUT2D eigenvalue weighted by Crippen LogP contribution is -2.25. The van der Waals surface area contributed by atoms with Crippen molar-refractivity contribution in [2.45, 2.75) is 57.6 Å². The third kappa shape index (κ3) is 3.60. The number of hydrogen-bond donors (Lipinski definition) is 1. The Morgan fingerprint density at radius 1 is 1.29 bits per heavy atom. The number of rotatable bonds is 4. The van der Waals surface area contributed by atoms with Crippen molar-refractivity contribution in [2.24, 2.45) is 5.92 Å². The van der Waals surface area contributed by atoms with E-state index in [1.807, 2.05) is 0 Å². The van der Waals surface area contributed by atoms with Gasteiger partial charge < -0.3 is 0 Å². The molecule has 0 spiro atoms. The molecule has 1 rings (SSSR count). The van der Waals surface area contributed by atoms with Crippen LogP contribution in [0.2, 0.25) is 0 Å². The van der Waals surface area contributed by atoms with Gasteiger partial charge in [-0.25, -0.2) is 4.21 Å². The average molecular weight is 217 g/mol. The smallest absolute Gasteiger partial charge is 0.0470 e. The fourth-order valence-corrected chi connectivity index (χ4v) is 4.27. The second kappa shape index (κ2) is 5.15. The summed E-state index contributed by atoms with van der Waals surface area (Å²) in [7, 11) is -2.28. The van der Waals surface area contributed by atoms with Crippen LogP contribution in [0.3, 0.4) is 0 Å². The molecule has 1 N–H and O–H groups in total. The molecule has 1 aliphatic rings. The molecule has 1 fully saturated rings. The minimum Gasteiger partial charge on any atom is -0.253 e. The van der Waals surface area contributed by atoms with E-state index in [0.717, 1.165) is 19.3 Å². The molecular weight excluding hydrogens is 194 g/mol. The molecule has 14 heavy (non-hydrogen) atoms. The second-order valence-electron chi connectivity index (χ2n) is 4.87. The molecule has 84 valence electrons. The Hall–Kier alpha value is -0.0500. The van der Waals surface area contributed by atoms with Crippen molar-refractivity contribution in [1.29, 1.82) is 4.78 Å². The molecule has 1 aliphatic carbocycles. The summed E-state index contributed by atoms with van der Waals surface area (Å²) in [6.45, 7) is 4.27. The second-order valence-corrected chi connectivity index (χ2v) is 7.40. The molecule has 0 aromatic rings. The van der Waals surface area contributed by atoms with Crippen molar-refractivity contribution < 1.29 is 4.21 Å². The summed E-state index contributed by atoms with van der Waals surface area (Å²) in [6.07, 6.45) is 6.64. The lowest BCUT2D eigenvalue weighted by Gasteiger charge is -2.24. The highest BCUT2D eigenvalue weighted by Gasteiger charge is 2.23. The summed E-state index contributed by atoms with van der Waals surface area (Å²) in [4.78, 5) is 0. The monoisotopic (exact) mass is 217 g/mol. The van der Waals surface area contributed by atoms with E-state index in [1.165, 1.54) is 19.3 Å². The summed E-state index contributed by atoms with van der Waals surface area (Å²) < 4.78 is 20.1. The Balaban J connectivity index is 2.46. The normalized spacial score (nSPS) is 23.6. The van der Waals surface area contributed by atoms with Crippen LogP contribution in [0.1, 0.15) is 52.4 Å². The van der Waals surface area contributed by atoms with Gasteiger partial charge in [-0.2, -0.15) is 0 Å². The summed E-state index contributed by atoms with van der Waals surface area (Å²) in [5.41, 5.74) is 0. The van der Waals surface area contributed by atoms with Crippen molar-refractivity contribution in [2.75, 3.05) is 5.75 Å². The van der Waals surface area contributed by atoms with Crippen LogP contribution in [0.25, 0.3) is 0 Å². The van der Waals surface area contributed by atoms with Gasteiger partial charge in [0.15, 0.2) is 0 Å². The van der Waals surface area contributed by atoms with Crippen LogP contribution in [0.4, 0.5) is 0 Å². The Kier molecular flexibility index (Phi) is 4.42. The molecule has 0 amide bonds. The molecule has 1 atom stereocenters. The van der Waals surface area contributed by atoms with E-state index in [1.54, 1.807) is 0 Å². The molecule has 0 aromatic carbocycles. The minimum absolute atomic E-state index is 0.204. The Bertz CT molecular complexity index is 250. The van der Waals surface area contributed by atoms with E-state index in [9.17, 15) is 4.21 Å². The molecule has 0 heterocycles. The molecule has 1 saturated carbocycles. The molecule has 0 radical (unpaired) electrons. The van der Waals surface area contributed by atoms with Crippen LogP contribution in [-0.4, -0.2) is 15.2 Å². The van der Waals surface area contributed by atoms with E-state index < -0.39 is 9.73 Å². The largest absolute Gasteiger partial charge is 0.253 e. The predicted molar refractivity (Wildman–Crippen MR) is 62.1 cm³/mol. The first-order valence-electron chi connectivity index (χ1n) is 5.77. The van der Waals surface area contributed by atoms with Crippen LogP contribution in [0.5, 0.6) is 0 Å². The standard InChI is InChI=1S/C11H23NOS/c1-10(2)8-9-14(12,13)11-6-4-3-5-7-11/h10-12H,3-9H2,1-2H3. The van der Waals surface area contributed by atoms with E-state index in [-0.39, 0.29) is 5.25 Å². The lowest BCUT2D eigenvalue weighted by atomic mass is 10.0. The van der Waals surface area contributed by atoms with Gasteiger partial charge in [-0.1, -0.05) is 33.1 Å². The summed E-state index contributed by atoms with van der Waals surface area (Å²) in [5, 5.41) is 0.204. The summed E-state index contributed by atoms with van der Waals surface area (Å²) >= 11 is 0. The fourth-order valence-electron chi connectivity index (χ4n) is 2.02. The van der Waals surface area contributed by atoms with Crippen molar-refractivity contribution in [3.05, 3.63) is 0 Å². The van der Waals surface area contributed by atoms with Crippen LogP contribution >= 0.6 is 0 Å². The maximum absolute atomic E-state index is 12.1. The van der Waals surface area contributed by atoms with Gasteiger partial charge in [-0.15, -0.1) is 0 Å². The maximum Gasteiger partial charge on any atom is 0.0470 e. The zero-order valence-corrected chi connectivity index (χ0v) is 10.2. The third-order valence-corrected chi connectivity index (χ3v) is 5.48. The van der Waals surface area contributed by atoms with Gasteiger partial charge in [0.25, 0.3) is 0 Å². The zero-order valence-electron chi connectivity index (χ0n) is 9.42. The highest BCUT2D eigenvalue weighted by Crippen LogP contribution is 2.25. The maximum atomic E-state index is 12.1. The first-order valence-corrected chi connectivity index (χ1v) is 7.56. The highest BCUT2D eigenvalue weighted by atomic mass is 32.2. The van der Waals surface area contributed by atoms with Crippen molar-refractivity contribution >= 4 is 9.73 Å². The Morgan fingerprint density at radius 3 is 2.36 bits per heavy atom. The quantitative estimate of drug-likeness (QED) is 0.770. The van der Waals surface area contributed by atoms with E-state index in [0.29, 0.717) is 11.7 Å². The average Bonchev–Trinajstić information content (AvgIpc) is 2.16. The number of nitrogens with one attached hydrogen (secondary N) is 1. The highest BCUT2D eigenvalue weighted by molar-refractivity contribution is 7.93. The molecule has 3 heteroatoms. The molecule has 1 unspecified atom stereocenters. The van der Waals surface area contributed by atoms with Crippen LogP contribution in [0.15, 0.2) is 0 Å². The van der Waals surface area contributed by atoms with Gasteiger partial charge in [0.1, 0.15) is 0 Å². The fraction of sp³-hybridized carbons (Fsp3) is 1.00. The topological polar surface area (TPSA) is 40.9 Å². The molecule has 0 bridgehead atoms. The SMILES string of the molecule is CC(C)CCS(=N)(=O)C1CCCCC1. The van der Waals surface area contributed by atoms with Crippen LogP contribution in [0, 0.1) is 10.7 Å². The first-order chi connectivity index (χ1) is 6.52. The van der Waals surface area contributed by atoms with Gasteiger partial charge in [0.05, 0.1) is 0 Å². The van der Waals surface area contributed by atoms with Crippen molar-refractivity contribution in [3.8, 4) is 0 Å². The molecule has 0 aromatic heterocycles. The van der Waals surface area contributed by atoms with E-state index in [4.69, 9.17) is 4.78 Å². The van der Waals surface area contributed by atoms with Crippen molar-refractivity contribution in [1.82, 2.24) is 0 Å². The minimum atomic E-state index is -2.28. The van der Waals surface area contributed by atoms with Gasteiger partial charge >= 0.3 is 0 Å². The number of hydrogen-bond acceptors (Lipinski definition) is 2. The van der Waals surface area contributed by atoms with Crippen LogP contribution in [-0.2, 0) is 9.73 Å². The third-order valence-electron chi connectivity index (χ3n) is 3.09. The summed E-state index contributed by atoms with van der Waals surface area (Å²) in [5.74, 6) is 1.19. The van der Waals surface area contributed by atoms with E-state index >= 15 is 0 Å². The molecule has 0 aliphatic heterocycles. The van der Waals surface area contributed by atoms with E-state index in [2.05, 4.69) is 13.8 Å². The van der Waals surface area contributed by atoms with Gasteiger partial charge in [0.2, 0.25) is 0 Å². The first kappa shape index (κ1) is 12.0. The van der Waals surface area contributed by atoms with Gasteiger partial charge in [0, 0.05) is 20.7 Å². The molecule has 0 saturated heterocycles. The lowest BCUT2D eigenvalue weighted by molar-refractivity contribution is 0.499. The zero-order chi connectivity index (χ0) is 10.6. The Labute approximate surface area is 88.5 Å². The molecular formula is C11H23NOS. The Morgan fingerprint density at radius 2 is 1.86 bits per heavy atom. The van der Waals surface area contributed by atoms with Gasteiger partial charge in [-0.3, -0.25) is 4.78 Å². The molecule has 2 nitrogen and oxygen atoms in total. The van der Waals surface area contributed by atoms with Crippen molar-refractivity contribution in [3.63, 3.8) is 0 Å². The van der Waals surface area contributed by atoms with Crippen LogP contribution < -0.4 is 0 Å². The van der Waals surface area contributed by atoms with Gasteiger partial charge in [-0.05, 0) is 25.2 Å².